The molecule has 3 aromatic carbocycles. The van der Waals surface area contributed by atoms with Crippen LogP contribution in [0.4, 0.5) is 11.4 Å². The topological polar surface area (TPSA) is 74.0 Å². The molecule has 2 heterocycles. The van der Waals surface area contributed by atoms with Crippen molar-refractivity contribution in [1.29, 1.82) is 0 Å². The van der Waals surface area contributed by atoms with Crippen LogP contribution < -0.4 is 10.0 Å². The summed E-state index contributed by atoms with van der Waals surface area (Å²) in [6.07, 6.45) is 7.53. The molecule has 0 amide bonds. The maximum atomic E-state index is 13.3. The second-order valence-electron chi connectivity index (χ2n) is 9.44. The average molecular weight is 470 g/mol. The quantitative estimate of drug-likeness (QED) is 0.302. The molecule has 172 valence electrons. The van der Waals surface area contributed by atoms with Gasteiger partial charge in [0.1, 0.15) is 0 Å². The number of hydrogen-bond donors (Lipinski definition) is 3. The molecule has 0 saturated heterocycles. The highest BCUT2D eigenvalue weighted by Gasteiger charge is 2.39. The van der Waals surface area contributed by atoms with Gasteiger partial charge in [-0.3, -0.25) is 4.72 Å². The van der Waals surface area contributed by atoms with Gasteiger partial charge in [-0.05, 0) is 73.2 Å². The number of aryl methyl sites for hydroxylation is 2. The van der Waals surface area contributed by atoms with Crippen LogP contribution in [0.1, 0.15) is 40.6 Å². The van der Waals surface area contributed by atoms with Crippen LogP contribution in [-0.2, 0) is 10.0 Å². The Bertz CT molecular complexity index is 1550. The molecule has 0 spiro atoms. The molecule has 0 bridgehead atoms. The van der Waals surface area contributed by atoms with E-state index in [1.165, 1.54) is 10.9 Å². The largest absolute Gasteiger partial charge is 0.378 e. The van der Waals surface area contributed by atoms with Gasteiger partial charge in [-0.15, -0.1) is 0 Å². The molecule has 1 aliphatic heterocycles. The molecule has 1 aromatic heterocycles. The van der Waals surface area contributed by atoms with Crippen molar-refractivity contribution in [2.45, 2.75) is 37.1 Å². The van der Waals surface area contributed by atoms with Crippen LogP contribution in [-0.4, -0.2) is 13.4 Å². The maximum Gasteiger partial charge on any atom is 0.261 e. The zero-order valence-electron chi connectivity index (χ0n) is 19.2. The van der Waals surface area contributed by atoms with E-state index in [0.717, 1.165) is 34.3 Å². The maximum absolute atomic E-state index is 13.3. The Balaban J connectivity index is 1.37. The monoisotopic (exact) mass is 469 g/mol. The fourth-order valence-corrected chi connectivity index (χ4v) is 6.70. The minimum absolute atomic E-state index is 0.152. The van der Waals surface area contributed by atoms with Crippen molar-refractivity contribution in [3.05, 3.63) is 101 Å². The first kappa shape index (κ1) is 21.1. The number of para-hydroxylation sites is 1. The fraction of sp³-hybridized carbons (Fsp3) is 0.214. The summed E-state index contributed by atoms with van der Waals surface area (Å²) >= 11 is 0. The molecule has 2 aliphatic rings. The van der Waals surface area contributed by atoms with E-state index in [0.29, 0.717) is 11.6 Å². The van der Waals surface area contributed by atoms with Crippen LogP contribution in [0.3, 0.4) is 0 Å². The number of aromatic amines is 1. The number of aromatic nitrogens is 1. The van der Waals surface area contributed by atoms with Gasteiger partial charge in [-0.1, -0.05) is 48.0 Å². The van der Waals surface area contributed by atoms with Gasteiger partial charge < -0.3 is 10.3 Å². The summed E-state index contributed by atoms with van der Waals surface area (Å²) in [5, 5.41) is 4.96. The lowest BCUT2D eigenvalue weighted by molar-refractivity contribution is 0.427. The Morgan fingerprint density at radius 1 is 0.971 bits per heavy atom. The second-order valence-corrected chi connectivity index (χ2v) is 11.1. The number of fused-ring (bicyclic) bond motifs is 4. The Kier molecular flexibility index (Phi) is 4.81. The molecule has 3 atom stereocenters. The van der Waals surface area contributed by atoms with Crippen LogP contribution >= 0.6 is 0 Å². The summed E-state index contributed by atoms with van der Waals surface area (Å²) in [5.74, 6) is 0.503. The third kappa shape index (κ3) is 3.41. The number of allylic oxidation sites excluding steroid dienone is 2. The van der Waals surface area contributed by atoms with Crippen LogP contribution in [0.2, 0.25) is 0 Å². The molecular weight excluding hydrogens is 442 g/mol. The van der Waals surface area contributed by atoms with Gasteiger partial charge in [0.25, 0.3) is 10.0 Å². The molecule has 6 rings (SSSR count). The first-order valence-corrected chi connectivity index (χ1v) is 13.1. The van der Waals surface area contributed by atoms with E-state index in [1.807, 2.05) is 50.2 Å². The molecule has 0 fully saturated rings. The summed E-state index contributed by atoms with van der Waals surface area (Å²) in [6.45, 7) is 3.91. The molecule has 4 aromatic rings. The van der Waals surface area contributed by atoms with Crippen LogP contribution in [0.5, 0.6) is 0 Å². The van der Waals surface area contributed by atoms with Gasteiger partial charge >= 0.3 is 0 Å². The number of H-pyrrole nitrogens is 1. The minimum Gasteiger partial charge on any atom is -0.378 e. The van der Waals surface area contributed by atoms with Crippen molar-refractivity contribution < 1.29 is 8.42 Å². The smallest absolute Gasteiger partial charge is 0.261 e. The van der Waals surface area contributed by atoms with E-state index in [4.69, 9.17) is 0 Å². The number of benzene rings is 3. The van der Waals surface area contributed by atoms with E-state index in [9.17, 15) is 8.42 Å². The van der Waals surface area contributed by atoms with Crippen molar-refractivity contribution in [1.82, 2.24) is 4.98 Å². The Labute approximate surface area is 200 Å². The van der Waals surface area contributed by atoms with Crippen molar-refractivity contribution in [2.75, 3.05) is 10.0 Å². The number of nitrogens with one attached hydrogen (secondary N) is 3. The summed E-state index contributed by atoms with van der Waals surface area (Å²) in [7, 11) is -3.70. The van der Waals surface area contributed by atoms with E-state index < -0.39 is 10.0 Å². The van der Waals surface area contributed by atoms with Gasteiger partial charge in [-0.2, -0.15) is 0 Å². The molecule has 5 nitrogen and oxygen atoms in total. The Morgan fingerprint density at radius 2 is 1.82 bits per heavy atom. The van der Waals surface area contributed by atoms with E-state index in [-0.39, 0.29) is 16.9 Å². The normalized spacial score (nSPS) is 21.2. The highest BCUT2D eigenvalue weighted by atomic mass is 32.2. The Hall–Kier alpha value is -3.51. The zero-order chi connectivity index (χ0) is 23.4. The number of hydrogen-bond acceptors (Lipinski definition) is 3. The van der Waals surface area contributed by atoms with Gasteiger partial charge in [0.2, 0.25) is 0 Å². The van der Waals surface area contributed by atoms with Gasteiger partial charge in [0.05, 0.1) is 16.6 Å². The molecular formula is C28H27N3O2S. The number of anilines is 2. The molecule has 6 heteroatoms. The molecule has 0 saturated carbocycles. The third-order valence-corrected chi connectivity index (χ3v) is 8.59. The second kappa shape index (κ2) is 7.77. The van der Waals surface area contributed by atoms with Crippen molar-refractivity contribution in [3.63, 3.8) is 0 Å². The van der Waals surface area contributed by atoms with Crippen LogP contribution in [0, 0.1) is 19.8 Å². The van der Waals surface area contributed by atoms with Crippen molar-refractivity contribution >= 4 is 32.3 Å². The first-order valence-electron chi connectivity index (χ1n) is 11.6. The highest BCUT2D eigenvalue weighted by molar-refractivity contribution is 7.92. The molecule has 34 heavy (non-hydrogen) atoms. The highest BCUT2D eigenvalue weighted by Crippen LogP contribution is 2.51. The summed E-state index contributed by atoms with van der Waals surface area (Å²) in [6, 6.07) is 19.7. The average Bonchev–Trinajstić information content (AvgIpc) is 3.48. The minimum atomic E-state index is -3.70. The Morgan fingerprint density at radius 3 is 2.68 bits per heavy atom. The zero-order valence-corrected chi connectivity index (χ0v) is 20.0. The third-order valence-electron chi connectivity index (χ3n) is 7.23. The van der Waals surface area contributed by atoms with E-state index in [2.05, 4.69) is 51.6 Å². The summed E-state index contributed by atoms with van der Waals surface area (Å²) < 4.78 is 29.3. The molecule has 3 unspecified atom stereocenters. The molecule has 1 aliphatic carbocycles. The van der Waals surface area contributed by atoms with Crippen molar-refractivity contribution in [3.8, 4) is 0 Å². The van der Waals surface area contributed by atoms with E-state index >= 15 is 0 Å². The van der Waals surface area contributed by atoms with Crippen LogP contribution in [0.25, 0.3) is 10.9 Å². The lowest BCUT2D eigenvalue weighted by Gasteiger charge is -2.37. The number of rotatable bonds is 4. The molecule has 3 N–H and O–H groups in total. The fourth-order valence-electron chi connectivity index (χ4n) is 5.53. The van der Waals surface area contributed by atoms with Crippen molar-refractivity contribution in [2.24, 2.45) is 5.92 Å². The predicted molar refractivity (Wildman–Crippen MR) is 138 cm³/mol. The van der Waals surface area contributed by atoms with Crippen LogP contribution in [0.15, 0.2) is 83.9 Å². The first-order chi connectivity index (χ1) is 16.4. The summed E-state index contributed by atoms with van der Waals surface area (Å²) in [4.78, 5) is 3.69. The molecule has 0 radical (unpaired) electrons. The number of sulfonamides is 1. The van der Waals surface area contributed by atoms with Gasteiger partial charge in [0, 0.05) is 28.7 Å². The van der Waals surface area contributed by atoms with Gasteiger partial charge in [0.15, 0.2) is 0 Å². The van der Waals surface area contributed by atoms with E-state index in [1.54, 1.807) is 6.07 Å². The van der Waals surface area contributed by atoms with Gasteiger partial charge in [-0.25, -0.2) is 8.42 Å². The lowest BCUT2D eigenvalue weighted by Crippen LogP contribution is -2.29. The predicted octanol–water partition coefficient (Wildman–Crippen LogP) is 6.41. The SMILES string of the molecule is Cc1ccc(NS(=O)(=O)c2ccc3c(c2)C2C=CCC2C(c2c[nH]c4ccccc24)N3)c(C)c1. The lowest BCUT2D eigenvalue weighted by atomic mass is 9.77. The summed E-state index contributed by atoms with van der Waals surface area (Å²) in [5.41, 5.74) is 7.04. The standard InChI is InChI=1S/C28H27N3O2S/c1-17-10-12-25(18(2)14-17)31-34(32,33)19-11-13-27-23(15-19)20-7-5-8-22(20)28(30-27)24-16-29-26-9-4-3-6-21(24)26/h3-7,9-16,20,22,28-31H,8H2,1-2H3.